The molecule has 84 valence electrons. The monoisotopic (exact) mass is 204 g/mol. The largest absolute Gasteiger partial charge is 0.0995 e. The highest BCUT2D eigenvalue weighted by molar-refractivity contribution is 5.25. The maximum Gasteiger partial charge on any atom is -0.0139 e. The van der Waals surface area contributed by atoms with E-state index in [4.69, 9.17) is 0 Å². The number of allylic oxidation sites excluding steroid dienone is 1. The van der Waals surface area contributed by atoms with Gasteiger partial charge in [-0.3, -0.25) is 0 Å². The summed E-state index contributed by atoms with van der Waals surface area (Å²) in [6.07, 6.45) is 7.19. The Bertz CT molecular complexity index is 312. The molecule has 15 heavy (non-hydrogen) atoms. The molecule has 3 saturated carbocycles. The highest BCUT2D eigenvalue weighted by Gasteiger charge is 2.63. The Kier molecular flexibility index (Phi) is 1.79. The third kappa shape index (κ3) is 1.09. The van der Waals surface area contributed by atoms with Crippen LogP contribution in [0.25, 0.3) is 0 Å². The van der Waals surface area contributed by atoms with E-state index in [-0.39, 0.29) is 0 Å². The molecule has 3 aliphatic carbocycles. The molecule has 0 aliphatic heterocycles. The third-order valence-corrected chi connectivity index (χ3v) is 5.82. The van der Waals surface area contributed by atoms with Crippen molar-refractivity contribution in [1.29, 1.82) is 0 Å². The van der Waals surface area contributed by atoms with Crippen LogP contribution in [0.3, 0.4) is 0 Å². The first-order chi connectivity index (χ1) is 6.96. The molecule has 0 aromatic carbocycles. The molecule has 0 bridgehead atoms. The van der Waals surface area contributed by atoms with E-state index in [1.165, 1.54) is 32.1 Å². The van der Waals surface area contributed by atoms with E-state index in [2.05, 4.69) is 27.4 Å². The molecule has 0 heterocycles. The van der Waals surface area contributed by atoms with E-state index < -0.39 is 0 Å². The van der Waals surface area contributed by atoms with Crippen LogP contribution in [0.5, 0.6) is 0 Å². The van der Waals surface area contributed by atoms with Gasteiger partial charge in [-0.1, -0.05) is 32.9 Å². The van der Waals surface area contributed by atoms with E-state index in [1.54, 1.807) is 5.57 Å². The van der Waals surface area contributed by atoms with E-state index in [0.717, 1.165) is 17.8 Å². The van der Waals surface area contributed by atoms with Crippen molar-refractivity contribution in [3.63, 3.8) is 0 Å². The lowest BCUT2D eigenvalue weighted by molar-refractivity contribution is 0.131. The zero-order chi connectivity index (χ0) is 10.8. The van der Waals surface area contributed by atoms with Gasteiger partial charge in [0.15, 0.2) is 0 Å². The van der Waals surface area contributed by atoms with Gasteiger partial charge in [0.25, 0.3) is 0 Å². The van der Waals surface area contributed by atoms with Gasteiger partial charge in [-0.05, 0) is 60.7 Å². The Morgan fingerprint density at radius 1 is 1.27 bits per heavy atom. The van der Waals surface area contributed by atoms with Crippen molar-refractivity contribution in [1.82, 2.24) is 0 Å². The molecule has 3 aliphatic rings. The van der Waals surface area contributed by atoms with Crippen LogP contribution in [0.1, 0.15) is 52.9 Å². The van der Waals surface area contributed by atoms with Gasteiger partial charge in [0.05, 0.1) is 0 Å². The van der Waals surface area contributed by atoms with Crippen molar-refractivity contribution in [3.05, 3.63) is 12.2 Å². The minimum absolute atomic E-state index is 0.574. The summed E-state index contributed by atoms with van der Waals surface area (Å²) < 4.78 is 0. The van der Waals surface area contributed by atoms with Gasteiger partial charge < -0.3 is 0 Å². The van der Waals surface area contributed by atoms with Crippen molar-refractivity contribution >= 4 is 0 Å². The van der Waals surface area contributed by atoms with Crippen molar-refractivity contribution in [2.75, 3.05) is 0 Å². The fraction of sp³-hybridized carbons (Fsp3) is 0.867. The number of hydrogen-bond donors (Lipinski definition) is 0. The number of rotatable bonds is 0. The highest BCUT2D eigenvalue weighted by Crippen LogP contribution is 2.71. The molecule has 0 radical (unpaired) electrons. The summed E-state index contributed by atoms with van der Waals surface area (Å²) >= 11 is 0. The molecule has 0 nitrogen and oxygen atoms in total. The van der Waals surface area contributed by atoms with Gasteiger partial charge in [-0.25, -0.2) is 0 Å². The van der Waals surface area contributed by atoms with Crippen LogP contribution < -0.4 is 0 Å². The molecule has 4 atom stereocenters. The van der Waals surface area contributed by atoms with Crippen molar-refractivity contribution in [2.45, 2.75) is 52.9 Å². The molecular weight excluding hydrogens is 180 g/mol. The van der Waals surface area contributed by atoms with Gasteiger partial charge in [-0.2, -0.15) is 0 Å². The second kappa shape index (κ2) is 2.70. The molecule has 0 unspecified atom stereocenters. The lowest BCUT2D eigenvalue weighted by atomic mass is 9.69. The van der Waals surface area contributed by atoms with Crippen LogP contribution in [0, 0.1) is 28.6 Å². The Balaban J connectivity index is 2.05. The maximum atomic E-state index is 4.37. The van der Waals surface area contributed by atoms with Crippen molar-refractivity contribution < 1.29 is 0 Å². The molecular formula is C15H24. The molecule has 0 amide bonds. The van der Waals surface area contributed by atoms with E-state index >= 15 is 0 Å². The standard InChI is InChI=1S/C15H24/c1-10-7-12-6-5-11(2)15(12)9-14(3,4)8-13(10)15/h11-13H,1,5-9H2,2-4H3/t11-,12-,13-,15-/m0/s1. The molecule has 0 heteroatoms. The quantitative estimate of drug-likeness (QED) is 0.513. The van der Waals surface area contributed by atoms with E-state index in [1.807, 2.05) is 0 Å². The van der Waals surface area contributed by atoms with Crippen molar-refractivity contribution in [3.8, 4) is 0 Å². The predicted molar refractivity (Wildman–Crippen MR) is 64.6 cm³/mol. The molecule has 0 aromatic heterocycles. The smallest absolute Gasteiger partial charge is 0.0139 e. The Hall–Kier alpha value is -0.260. The summed E-state index contributed by atoms with van der Waals surface area (Å²) in [5, 5.41) is 0. The van der Waals surface area contributed by atoms with E-state index in [9.17, 15) is 0 Å². The fourth-order valence-corrected chi connectivity index (χ4v) is 5.38. The zero-order valence-corrected chi connectivity index (χ0v) is 10.5. The summed E-state index contributed by atoms with van der Waals surface area (Å²) in [6.45, 7) is 11.8. The Labute approximate surface area is 94.1 Å². The predicted octanol–water partition coefficient (Wildman–Crippen LogP) is 4.42. The van der Waals surface area contributed by atoms with Crippen LogP contribution in [0.2, 0.25) is 0 Å². The van der Waals surface area contributed by atoms with Gasteiger partial charge in [0.1, 0.15) is 0 Å². The average Bonchev–Trinajstić information content (AvgIpc) is 2.65. The molecule has 0 saturated heterocycles. The lowest BCUT2D eigenvalue weighted by Gasteiger charge is -2.35. The topological polar surface area (TPSA) is 0 Å². The van der Waals surface area contributed by atoms with Gasteiger partial charge in [-0.15, -0.1) is 0 Å². The molecule has 1 spiro atoms. The summed E-state index contributed by atoms with van der Waals surface area (Å²) in [7, 11) is 0. The van der Waals surface area contributed by atoms with Crippen LogP contribution in [-0.4, -0.2) is 0 Å². The van der Waals surface area contributed by atoms with Crippen molar-refractivity contribution in [2.24, 2.45) is 28.6 Å². The minimum atomic E-state index is 0.574. The van der Waals surface area contributed by atoms with Gasteiger partial charge in [0, 0.05) is 0 Å². The Morgan fingerprint density at radius 3 is 2.73 bits per heavy atom. The summed E-state index contributed by atoms with van der Waals surface area (Å²) in [6, 6.07) is 0. The molecule has 0 aromatic rings. The lowest BCUT2D eigenvalue weighted by Crippen LogP contribution is -2.29. The molecule has 3 fully saturated rings. The normalized spacial score (nSPS) is 51.9. The first kappa shape index (κ1) is 9.93. The van der Waals surface area contributed by atoms with Crippen LogP contribution in [0.4, 0.5) is 0 Å². The summed E-state index contributed by atoms with van der Waals surface area (Å²) in [5.74, 6) is 2.82. The first-order valence-electron chi connectivity index (χ1n) is 6.63. The summed E-state index contributed by atoms with van der Waals surface area (Å²) in [4.78, 5) is 0. The fourth-order valence-electron chi connectivity index (χ4n) is 5.38. The molecule has 0 N–H and O–H groups in total. The van der Waals surface area contributed by atoms with Gasteiger partial charge >= 0.3 is 0 Å². The average molecular weight is 204 g/mol. The van der Waals surface area contributed by atoms with Crippen LogP contribution in [-0.2, 0) is 0 Å². The molecule has 3 rings (SSSR count). The van der Waals surface area contributed by atoms with Crippen LogP contribution >= 0.6 is 0 Å². The zero-order valence-electron chi connectivity index (χ0n) is 10.5. The second-order valence-corrected chi connectivity index (χ2v) is 7.25. The third-order valence-electron chi connectivity index (χ3n) is 5.82. The highest BCUT2D eigenvalue weighted by atomic mass is 14.7. The van der Waals surface area contributed by atoms with Crippen LogP contribution in [0.15, 0.2) is 12.2 Å². The SMILES string of the molecule is C=C1C[C@@H]2CC[C@H](C)[C@@]23CC(C)(C)C[C@@H]13. The summed E-state index contributed by atoms with van der Waals surface area (Å²) in [5.41, 5.74) is 2.85. The minimum Gasteiger partial charge on any atom is -0.0995 e. The number of hydrogen-bond acceptors (Lipinski definition) is 0. The first-order valence-corrected chi connectivity index (χ1v) is 6.63. The van der Waals surface area contributed by atoms with E-state index in [0.29, 0.717) is 10.8 Å². The maximum absolute atomic E-state index is 4.37. The second-order valence-electron chi connectivity index (χ2n) is 7.25. The van der Waals surface area contributed by atoms with Gasteiger partial charge in [0.2, 0.25) is 0 Å². The Morgan fingerprint density at radius 2 is 2.00 bits per heavy atom.